The van der Waals surface area contributed by atoms with Crippen LogP contribution in [-0.4, -0.2) is 36.5 Å². The monoisotopic (exact) mass is 368 g/mol. The molecule has 0 saturated carbocycles. The molecule has 2 aromatic rings. The molecule has 0 bridgehead atoms. The molecular formula is C21H20O6. The first-order valence-corrected chi connectivity index (χ1v) is 8.35. The number of hydrogen-bond donors (Lipinski definition) is 1. The van der Waals surface area contributed by atoms with Crippen LogP contribution in [-0.2, 0) is 9.53 Å². The third-order valence-electron chi connectivity index (χ3n) is 3.70. The molecule has 0 radical (unpaired) electrons. The van der Waals surface area contributed by atoms with Gasteiger partial charge in [0.25, 0.3) is 0 Å². The Morgan fingerprint density at radius 3 is 2.19 bits per heavy atom. The summed E-state index contributed by atoms with van der Waals surface area (Å²) in [6.07, 6.45) is 3.60. The van der Waals surface area contributed by atoms with E-state index >= 15 is 0 Å². The van der Waals surface area contributed by atoms with Gasteiger partial charge in [0.1, 0.15) is 5.75 Å². The molecule has 6 heteroatoms. The van der Waals surface area contributed by atoms with Crippen molar-refractivity contribution in [3.05, 3.63) is 71.3 Å². The van der Waals surface area contributed by atoms with Gasteiger partial charge in [-0.05, 0) is 54.5 Å². The molecule has 0 fully saturated rings. The minimum Gasteiger partial charge on any atom is -0.494 e. The lowest BCUT2D eigenvalue weighted by molar-refractivity contribution is -0.137. The lowest BCUT2D eigenvalue weighted by Gasteiger charge is -2.05. The van der Waals surface area contributed by atoms with Crippen molar-refractivity contribution in [3.63, 3.8) is 0 Å². The van der Waals surface area contributed by atoms with E-state index in [0.717, 1.165) is 5.56 Å². The fourth-order valence-corrected chi connectivity index (χ4v) is 2.25. The Hall–Kier alpha value is -3.41. The Kier molecular flexibility index (Phi) is 7.31. The minimum absolute atomic E-state index is 0.0575. The van der Waals surface area contributed by atoms with Crippen LogP contribution < -0.4 is 4.74 Å². The zero-order chi connectivity index (χ0) is 19.6. The van der Waals surface area contributed by atoms with Crippen molar-refractivity contribution in [2.75, 3.05) is 13.7 Å². The minimum atomic E-state index is -0.855. The highest BCUT2D eigenvalue weighted by Gasteiger charge is 2.05. The smallest absolute Gasteiger partial charge is 0.337 e. The van der Waals surface area contributed by atoms with Gasteiger partial charge in [-0.3, -0.25) is 9.59 Å². The van der Waals surface area contributed by atoms with E-state index in [1.165, 1.54) is 13.2 Å². The molecule has 0 aliphatic heterocycles. The number of rotatable bonds is 9. The summed E-state index contributed by atoms with van der Waals surface area (Å²) in [4.78, 5) is 34.0. The number of allylic oxidation sites excluding steroid dienone is 1. The maximum atomic E-state index is 12.2. The van der Waals surface area contributed by atoms with Gasteiger partial charge in [0, 0.05) is 12.0 Å². The lowest BCUT2D eigenvalue weighted by atomic mass is 10.1. The van der Waals surface area contributed by atoms with Crippen LogP contribution in [0.3, 0.4) is 0 Å². The summed E-state index contributed by atoms with van der Waals surface area (Å²) in [5.41, 5.74) is 1.74. The number of carboxylic acid groups (broad SMARTS) is 1. The number of benzene rings is 2. The van der Waals surface area contributed by atoms with Gasteiger partial charge in [-0.25, -0.2) is 4.79 Å². The van der Waals surface area contributed by atoms with Gasteiger partial charge in [-0.15, -0.1) is 0 Å². The fourth-order valence-electron chi connectivity index (χ4n) is 2.25. The number of ether oxygens (including phenoxy) is 2. The Balaban J connectivity index is 1.90. The number of esters is 1. The molecule has 0 amide bonds. The van der Waals surface area contributed by atoms with E-state index in [-0.39, 0.29) is 12.2 Å². The second kappa shape index (κ2) is 9.91. The molecule has 2 rings (SSSR count). The highest BCUT2D eigenvalue weighted by atomic mass is 16.5. The highest BCUT2D eigenvalue weighted by molar-refractivity contribution is 6.06. The number of hydrogen-bond acceptors (Lipinski definition) is 5. The molecule has 0 heterocycles. The van der Waals surface area contributed by atoms with Crippen molar-refractivity contribution in [3.8, 4) is 5.75 Å². The number of carbonyl (C=O) groups excluding carboxylic acids is 2. The summed E-state index contributed by atoms with van der Waals surface area (Å²) < 4.78 is 10.1. The predicted molar refractivity (Wildman–Crippen MR) is 100.0 cm³/mol. The van der Waals surface area contributed by atoms with Crippen LogP contribution in [0.5, 0.6) is 5.75 Å². The fraction of sp³-hybridized carbons (Fsp3) is 0.190. The van der Waals surface area contributed by atoms with E-state index in [9.17, 15) is 14.4 Å². The molecule has 0 atom stereocenters. The average Bonchev–Trinajstić information content (AvgIpc) is 2.69. The highest BCUT2D eigenvalue weighted by Crippen LogP contribution is 2.14. The van der Waals surface area contributed by atoms with Gasteiger partial charge in [-0.2, -0.15) is 0 Å². The van der Waals surface area contributed by atoms with E-state index in [4.69, 9.17) is 9.84 Å². The second-order valence-electron chi connectivity index (χ2n) is 5.68. The van der Waals surface area contributed by atoms with Crippen molar-refractivity contribution in [2.45, 2.75) is 12.8 Å². The largest absolute Gasteiger partial charge is 0.494 e. The number of carboxylic acids is 1. The van der Waals surface area contributed by atoms with Crippen LogP contribution in [0.25, 0.3) is 6.08 Å². The molecule has 6 nitrogen and oxygen atoms in total. The summed E-state index contributed by atoms with van der Waals surface area (Å²) >= 11 is 0. The van der Waals surface area contributed by atoms with Crippen LogP contribution >= 0.6 is 0 Å². The summed E-state index contributed by atoms with van der Waals surface area (Å²) in [7, 11) is 1.32. The van der Waals surface area contributed by atoms with E-state index in [1.807, 2.05) is 0 Å². The molecule has 0 spiro atoms. The maximum absolute atomic E-state index is 12.2. The van der Waals surface area contributed by atoms with Crippen LogP contribution in [0.4, 0.5) is 0 Å². The van der Waals surface area contributed by atoms with Gasteiger partial charge >= 0.3 is 11.9 Å². The molecule has 0 aliphatic carbocycles. The first kappa shape index (κ1) is 19.9. The van der Waals surface area contributed by atoms with Crippen molar-refractivity contribution >= 4 is 23.8 Å². The van der Waals surface area contributed by atoms with Gasteiger partial charge in [0.05, 0.1) is 19.3 Å². The van der Waals surface area contributed by atoms with Crippen LogP contribution in [0.15, 0.2) is 54.6 Å². The standard InChI is InChI=1S/C21H20O6/c1-26-21(25)17-7-4-15(5-8-17)6-13-19(22)16-9-11-18(12-10-16)27-14-2-3-20(23)24/h4-13H,2-3,14H2,1H3,(H,23,24)/b13-6+. The van der Waals surface area contributed by atoms with Crippen molar-refractivity contribution in [1.29, 1.82) is 0 Å². The van der Waals surface area contributed by atoms with Crippen LogP contribution in [0.2, 0.25) is 0 Å². The third kappa shape index (κ3) is 6.43. The van der Waals surface area contributed by atoms with Crippen molar-refractivity contribution in [2.24, 2.45) is 0 Å². The summed E-state index contributed by atoms with van der Waals surface area (Å²) in [5, 5.41) is 8.57. The van der Waals surface area contributed by atoms with Crippen molar-refractivity contribution < 1.29 is 29.0 Å². The average molecular weight is 368 g/mol. The molecule has 0 aromatic heterocycles. The summed E-state index contributed by atoms with van der Waals surface area (Å²) in [6.45, 7) is 0.307. The maximum Gasteiger partial charge on any atom is 0.337 e. The Labute approximate surface area is 157 Å². The quantitative estimate of drug-likeness (QED) is 0.315. The topological polar surface area (TPSA) is 89.9 Å². The molecule has 0 saturated heterocycles. The van der Waals surface area contributed by atoms with E-state index in [1.54, 1.807) is 54.6 Å². The molecule has 2 aromatic carbocycles. The predicted octanol–water partition coefficient (Wildman–Crippen LogP) is 3.61. The third-order valence-corrected chi connectivity index (χ3v) is 3.70. The van der Waals surface area contributed by atoms with Gasteiger partial charge < -0.3 is 14.6 Å². The summed E-state index contributed by atoms with van der Waals surface area (Å²) in [5.74, 6) is -0.845. The number of methoxy groups -OCH3 is 1. The van der Waals surface area contributed by atoms with Gasteiger partial charge in [-0.1, -0.05) is 18.2 Å². The lowest BCUT2D eigenvalue weighted by Crippen LogP contribution is -2.02. The van der Waals surface area contributed by atoms with Crippen LogP contribution in [0.1, 0.15) is 39.1 Å². The number of aliphatic carboxylic acids is 1. The molecule has 140 valence electrons. The molecular weight excluding hydrogens is 348 g/mol. The van der Waals surface area contributed by atoms with E-state index in [0.29, 0.717) is 29.9 Å². The zero-order valence-electron chi connectivity index (χ0n) is 14.9. The molecule has 0 aliphatic rings. The Bertz CT molecular complexity index is 819. The van der Waals surface area contributed by atoms with Gasteiger partial charge in [0.2, 0.25) is 0 Å². The summed E-state index contributed by atoms with van der Waals surface area (Å²) in [6, 6.07) is 13.4. The van der Waals surface area contributed by atoms with Crippen LogP contribution in [0, 0.1) is 0 Å². The molecule has 0 unspecified atom stereocenters. The normalized spacial score (nSPS) is 10.6. The van der Waals surface area contributed by atoms with Gasteiger partial charge in [0.15, 0.2) is 5.78 Å². The van der Waals surface area contributed by atoms with Crippen molar-refractivity contribution in [1.82, 2.24) is 0 Å². The first-order valence-electron chi connectivity index (χ1n) is 8.35. The molecule has 1 N–H and O–H groups in total. The Morgan fingerprint density at radius 2 is 1.59 bits per heavy atom. The molecule has 27 heavy (non-hydrogen) atoms. The SMILES string of the molecule is COC(=O)c1ccc(/C=C/C(=O)c2ccc(OCCCC(=O)O)cc2)cc1. The van der Waals surface area contributed by atoms with E-state index in [2.05, 4.69) is 4.74 Å². The second-order valence-corrected chi connectivity index (χ2v) is 5.68. The number of carbonyl (C=O) groups is 3. The first-order chi connectivity index (χ1) is 13.0. The Morgan fingerprint density at radius 1 is 0.963 bits per heavy atom. The zero-order valence-corrected chi connectivity index (χ0v) is 14.9. The number of ketones is 1. The van der Waals surface area contributed by atoms with E-state index < -0.39 is 11.9 Å².